The first-order chi connectivity index (χ1) is 8.63. The number of anilines is 1. The van der Waals surface area contributed by atoms with Gasteiger partial charge in [0, 0.05) is 38.1 Å². The van der Waals surface area contributed by atoms with Crippen LogP contribution < -0.4 is 4.90 Å². The molecule has 0 aliphatic heterocycles. The van der Waals surface area contributed by atoms with E-state index in [1.807, 2.05) is 21.0 Å². The van der Waals surface area contributed by atoms with Crippen LogP contribution in [-0.2, 0) is 11.3 Å². The molecule has 1 aromatic carbocycles. The summed E-state index contributed by atoms with van der Waals surface area (Å²) in [5.74, 6) is 0. The highest BCUT2D eigenvalue weighted by atomic mass is 16.5. The molecular formula is C14H19N3O. The second-order valence-electron chi connectivity index (χ2n) is 4.55. The van der Waals surface area contributed by atoms with E-state index in [0.717, 1.165) is 17.0 Å². The van der Waals surface area contributed by atoms with Crippen molar-refractivity contribution >= 4 is 5.69 Å². The van der Waals surface area contributed by atoms with Gasteiger partial charge in [-0.3, -0.25) is 5.10 Å². The summed E-state index contributed by atoms with van der Waals surface area (Å²) >= 11 is 0. The van der Waals surface area contributed by atoms with Crippen LogP contribution in [0.1, 0.15) is 11.4 Å². The highest BCUT2D eigenvalue weighted by molar-refractivity contribution is 5.72. The molecule has 18 heavy (non-hydrogen) atoms. The lowest BCUT2D eigenvalue weighted by Crippen LogP contribution is -2.08. The predicted octanol–water partition coefficient (Wildman–Crippen LogP) is 2.60. The maximum Gasteiger partial charge on any atom is 0.0960 e. The lowest BCUT2D eigenvalue weighted by atomic mass is 10.0. The first kappa shape index (κ1) is 12.6. The van der Waals surface area contributed by atoms with Gasteiger partial charge in [-0.2, -0.15) is 5.10 Å². The maximum atomic E-state index is 5.19. The minimum Gasteiger partial charge on any atom is -0.378 e. The molecule has 0 saturated heterocycles. The zero-order chi connectivity index (χ0) is 13.1. The Morgan fingerprint density at radius 2 is 2.11 bits per heavy atom. The Labute approximate surface area is 108 Å². The average molecular weight is 245 g/mol. The van der Waals surface area contributed by atoms with Gasteiger partial charge in [-0.15, -0.1) is 0 Å². The van der Waals surface area contributed by atoms with Crippen molar-refractivity contribution < 1.29 is 4.74 Å². The molecule has 0 spiro atoms. The van der Waals surface area contributed by atoms with Crippen molar-refractivity contribution in [2.45, 2.75) is 13.5 Å². The number of methoxy groups -OCH3 is 1. The summed E-state index contributed by atoms with van der Waals surface area (Å²) in [6.45, 7) is 2.55. The highest BCUT2D eigenvalue weighted by Crippen LogP contribution is 2.28. The van der Waals surface area contributed by atoms with Gasteiger partial charge < -0.3 is 9.64 Å². The largest absolute Gasteiger partial charge is 0.378 e. The lowest BCUT2D eigenvalue weighted by Gasteiger charge is -2.14. The molecule has 1 aromatic heterocycles. The number of aromatic nitrogens is 2. The van der Waals surface area contributed by atoms with Gasteiger partial charge in [0.25, 0.3) is 0 Å². The fraction of sp³-hybridized carbons (Fsp3) is 0.357. The van der Waals surface area contributed by atoms with Crippen LogP contribution >= 0.6 is 0 Å². The molecule has 0 aliphatic rings. The van der Waals surface area contributed by atoms with Crippen LogP contribution in [0.3, 0.4) is 0 Å². The van der Waals surface area contributed by atoms with Gasteiger partial charge in [-0.25, -0.2) is 0 Å². The Balaban J connectivity index is 2.47. The van der Waals surface area contributed by atoms with E-state index >= 15 is 0 Å². The molecule has 0 amide bonds. The third kappa shape index (κ3) is 2.38. The molecule has 2 aromatic rings. The first-order valence-corrected chi connectivity index (χ1v) is 5.94. The zero-order valence-electron chi connectivity index (χ0n) is 11.3. The Morgan fingerprint density at radius 1 is 1.33 bits per heavy atom. The lowest BCUT2D eigenvalue weighted by molar-refractivity contribution is 0.182. The fourth-order valence-electron chi connectivity index (χ4n) is 2.04. The van der Waals surface area contributed by atoms with Crippen molar-refractivity contribution in [1.29, 1.82) is 0 Å². The average Bonchev–Trinajstić information content (AvgIpc) is 2.71. The van der Waals surface area contributed by atoms with Crippen molar-refractivity contribution in [2.75, 3.05) is 26.1 Å². The molecule has 0 aliphatic carbocycles. The minimum atomic E-state index is 0.520. The monoisotopic (exact) mass is 245 g/mol. The van der Waals surface area contributed by atoms with Crippen LogP contribution in [0.15, 0.2) is 24.3 Å². The number of nitrogens with one attached hydrogen (secondary N) is 1. The maximum absolute atomic E-state index is 5.19. The van der Waals surface area contributed by atoms with Crippen molar-refractivity contribution in [2.24, 2.45) is 0 Å². The molecule has 0 bridgehead atoms. The standard InChI is InChI=1S/C14H19N3O/c1-10-14(13(9-18-4)16-15-10)11-6-5-7-12(8-11)17(2)3/h5-8H,9H2,1-4H3,(H,15,16). The minimum absolute atomic E-state index is 0.520. The van der Waals surface area contributed by atoms with E-state index in [-0.39, 0.29) is 0 Å². The van der Waals surface area contributed by atoms with Gasteiger partial charge in [0.05, 0.1) is 12.3 Å². The molecule has 1 N–H and O–H groups in total. The van der Waals surface area contributed by atoms with E-state index in [9.17, 15) is 0 Å². The summed E-state index contributed by atoms with van der Waals surface area (Å²) in [5.41, 5.74) is 5.50. The number of ether oxygens (including phenoxy) is 1. The third-order valence-electron chi connectivity index (χ3n) is 2.95. The van der Waals surface area contributed by atoms with Crippen LogP contribution in [0.25, 0.3) is 11.1 Å². The molecule has 0 fully saturated rings. The fourth-order valence-corrected chi connectivity index (χ4v) is 2.04. The van der Waals surface area contributed by atoms with Crippen LogP contribution in [0.4, 0.5) is 5.69 Å². The molecule has 2 rings (SSSR count). The summed E-state index contributed by atoms with van der Waals surface area (Å²) in [6.07, 6.45) is 0. The van der Waals surface area contributed by atoms with Gasteiger partial charge in [-0.1, -0.05) is 12.1 Å². The molecule has 0 unspecified atom stereocenters. The molecular weight excluding hydrogens is 226 g/mol. The normalized spacial score (nSPS) is 10.7. The number of hydrogen-bond donors (Lipinski definition) is 1. The molecule has 0 atom stereocenters. The summed E-state index contributed by atoms with van der Waals surface area (Å²) in [6, 6.07) is 8.42. The molecule has 0 saturated carbocycles. The van der Waals surface area contributed by atoms with Gasteiger partial charge in [-0.05, 0) is 24.6 Å². The van der Waals surface area contributed by atoms with Gasteiger partial charge in [0.1, 0.15) is 0 Å². The number of hydrogen-bond acceptors (Lipinski definition) is 3. The first-order valence-electron chi connectivity index (χ1n) is 5.94. The van der Waals surface area contributed by atoms with E-state index in [0.29, 0.717) is 6.61 Å². The number of nitrogens with zero attached hydrogens (tertiary/aromatic N) is 2. The topological polar surface area (TPSA) is 41.1 Å². The van der Waals surface area contributed by atoms with Crippen molar-refractivity contribution in [1.82, 2.24) is 10.2 Å². The van der Waals surface area contributed by atoms with Crippen molar-refractivity contribution in [3.63, 3.8) is 0 Å². The van der Waals surface area contributed by atoms with Gasteiger partial charge in [0.15, 0.2) is 0 Å². The Hall–Kier alpha value is -1.81. The molecule has 1 heterocycles. The van der Waals surface area contributed by atoms with Crippen LogP contribution in [-0.4, -0.2) is 31.4 Å². The van der Waals surface area contributed by atoms with Crippen molar-refractivity contribution in [3.05, 3.63) is 35.7 Å². The number of aryl methyl sites for hydroxylation is 1. The van der Waals surface area contributed by atoms with Crippen molar-refractivity contribution in [3.8, 4) is 11.1 Å². The SMILES string of the molecule is COCc1n[nH]c(C)c1-c1cccc(N(C)C)c1. The smallest absolute Gasteiger partial charge is 0.0960 e. The summed E-state index contributed by atoms with van der Waals surface area (Å²) < 4.78 is 5.19. The number of rotatable bonds is 4. The predicted molar refractivity (Wildman–Crippen MR) is 73.8 cm³/mol. The number of H-pyrrole nitrogens is 1. The van der Waals surface area contributed by atoms with E-state index < -0.39 is 0 Å². The van der Waals surface area contributed by atoms with E-state index in [4.69, 9.17) is 4.74 Å². The summed E-state index contributed by atoms with van der Waals surface area (Å²) in [7, 11) is 5.76. The quantitative estimate of drug-likeness (QED) is 0.900. The van der Waals surface area contributed by atoms with Crippen LogP contribution in [0.5, 0.6) is 0 Å². The zero-order valence-corrected chi connectivity index (χ0v) is 11.3. The molecule has 96 valence electrons. The molecule has 4 heteroatoms. The van der Waals surface area contributed by atoms with Crippen LogP contribution in [0.2, 0.25) is 0 Å². The van der Waals surface area contributed by atoms with Crippen LogP contribution in [0, 0.1) is 6.92 Å². The number of aromatic amines is 1. The third-order valence-corrected chi connectivity index (χ3v) is 2.95. The number of benzene rings is 1. The Bertz CT molecular complexity index is 532. The molecule has 4 nitrogen and oxygen atoms in total. The Kier molecular flexibility index (Phi) is 3.67. The summed E-state index contributed by atoms with van der Waals surface area (Å²) in [4.78, 5) is 2.09. The van der Waals surface area contributed by atoms with Gasteiger partial charge >= 0.3 is 0 Å². The van der Waals surface area contributed by atoms with E-state index in [1.54, 1.807) is 7.11 Å². The van der Waals surface area contributed by atoms with E-state index in [1.165, 1.54) is 11.3 Å². The Morgan fingerprint density at radius 3 is 2.78 bits per heavy atom. The second kappa shape index (κ2) is 5.23. The summed E-state index contributed by atoms with van der Waals surface area (Å²) in [5, 5.41) is 7.32. The molecule has 0 radical (unpaired) electrons. The highest BCUT2D eigenvalue weighted by Gasteiger charge is 2.12. The van der Waals surface area contributed by atoms with E-state index in [2.05, 4.69) is 39.4 Å². The van der Waals surface area contributed by atoms with Gasteiger partial charge in [0.2, 0.25) is 0 Å². The second-order valence-corrected chi connectivity index (χ2v) is 4.55.